The molecule has 0 aliphatic rings. The van der Waals surface area contributed by atoms with E-state index in [2.05, 4.69) is 0 Å². The van der Waals surface area contributed by atoms with Gasteiger partial charge in [0, 0.05) is 16.1 Å². The Morgan fingerprint density at radius 1 is 0.947 bits per heavy atom. The Hall–Kier alpha value is -1.02. The zero-order valence-corrected chi connectivity index (χ0v) is 12.6. The van der Waals surface area contributed by atoms with Crippen LogP contribution in [-0.2, 0) is 6.42 Å². The Balaban J connectivity index is 2.23. The van der Waals surface area contributed by atoms with Gasteiger partial charge in [-0.25, -0.2) is 0 Å². The fourth-order valence-corrected chi connectivity index (χ4v) is 2.79. The van der Waals surface area contributed by atoms with Crippen molar-refractivity contribution in [1.29, 1.82) is 0 Å². The van der Waals surface area contributed by atoms with Crippen molar-refractivity contribution in [2.45, 2.75) is 26.3 Å². The first kappa shape index (κ1) is 14.4. The van der Waals surface area contributed by atoms with Crippen LogP contribution in [0.25, 0.3) is 0 Å². The first-order chi connectivity index (χ1) is 8.97. The van der Waals surface area contributed by atoms with Crippen molar-refractivity contribution in [3.05, 3.63) is 68.7 Å². The number of aryl methyl sites for hydroxylation is 2. The van der Waals surface area contributed by atoms with Crippen LogP contribution < -0.4 is 5.73 Å². The van der Waals surface area contributed by atoms with E-state index in [4.69, 9.17) is 28.9 Å². The van der Waals surface area contributed by atoms with Crippen molar-refractivity contribution in [3.8, 4) is 0 Å². The molecule has 19 heavy (non-hydrogen) atoms. The number of hydrogen-bond acceptors (Lipinski definition) is 1. The van der Waals surface area contributed by atoms with Gasteiger partial charge in [-0.2, -0.15) is 0 Å². The SMILES string of the molecule is Cc1ccc(CC(N)c2ccc(C)cc2Cl)c(Cl)c1. The maximum Gasteiger partial charge on any atom is 0.0456 e. The summed E-state index contributed by atoms with van der Waals surface area (Å²) >= 11 is 12.5. The Morgan fingerprint density at radius 2 is 1.53 bits per heavy atom. The highest BCUT2D eigenvalue weighted by molar-refractivity contribution is 6.31. The quantitative estimate of drug-likeness (QED) is 0.860. The van der Waals surface area contributed by atoms with E-state index in [-0.39, 0.29) is 6.04 Å². The highest BCUT2D eigenvalue weighted by Gasteiger charge is 2.12. The fourth-order valence-electron chi connectivity index (χ4n) is 2.10. The normalized spacial score (nSPS) is 12.5. The molecule has 0 aliphatic heterocycles. The molecule has 0 aliphatic carbocycles. The summed E-state index contributed by atoms with van der Waals surface area (Å²) in [7, 11) is 0. The molecule has 0 aromatic heterocycles. The predicted octanol–water partition coefficient (Wildman–Crippen LogP) is 4.85. The minimum atomic E-state index is -0.145. The van der Waals surface area contributed by atoms with Gasteiger partial charge in [0.1, 0.15) is 0 Å². The van der Waals surface area contributed by atoms with Gasteiger partial charge in [0.2, 0.25) is 0 Å². The van der Waals surface area contributed by atoms with E-state index >= 15 is 0 Å². The molecule has 0 amide bonds. The minimum Gasteiger partial charge on any atom is -0.324 e. The molecule has 2 rings (SSSR count). The number of rotatable bonds is 3. The molecule has 1 atom stereocenters. The molecule has 0 bridgehead atoms. The van der Waals surface area contributed by atoms with Crippen LogP contribution in [0.5, 0.6) is 0 Å². The first-order valence-corrected chi connectivity index (χ1v) is 6.99. The Morgan fingerprint density at radius 3 is 2.11 bits per heavy atom. The zero-order chi connectivity index (χ0) is 14.0. The van der Waals surface area contributed by atoms with Crippen LogP contribution in [0.1, 0.15) is 28.3 Å². The molecule has 0 saturated carbocycles. The second-order valence-electron chi connectivity index (χ2n) is 4.93. The lowest BCUT2D eigenvalue weighted by Crippen LogP contribution is -2.14. The highest BCUT2D eigenvalue weighted by Crippen LogP contribution is 2.27. The lowest BCUT2D eigenvalue weighted by atomic mass is 9.98. The number of hydrogen-bond donors (Lipinski definition) is 1. The van der Waals surface area contributed by atoms with Crippen LogP contribution in [-0.4, -0.2) is 0 Å². The molecule has 0 spiro atoms. The van der Waals surface area contributed by atoms with Crippen LogP contribution in [0.3, 0.4) is 0 Å². The third-order valence-electron chi connectivity index (χ3n) is 3.20. The van der Waals surface area contributed by atoms with E-state index in [9.17, 15) is 0 Å². The van der Waals surface area contributed by atoms with Gasteiger partial charge >= 0.3 is 0 Å². The average molecular weight is 294 g/mol. The summed E-state index contributed by atoms with van der Waals surface area (Å²) in [4.78, 5) is 0. The molecule has 1 unspecified atom stereocenters. The van der Waals surface area contributed by atoms with Crippen molar-refractivity contribution in [1.82, 2.24) is 0 Å². The summed E-state index contributed by atoms with van der Waals surface area (Å²) in [6.45, 7) is 4.03. The average Bonchev–Trinajstić information content (AvgIpc) is 2.32. The van der Waals surface area contributed by atoms with Crippen molar-refractivity contribution < 1.29 is 0 Å². The van der Waals surface area contributed by atoms with Gasteiger partial charge in [0.15, 0.2) is 0 Å². The van der Waals surface area contributed by atoms with E-state index in [0.717, 1.165) is 32.3 Å². The number of halogens is 2. The van der Waals surface area contributed by atoms with Crippen molar-refractivity contribution in [2.24, 2.45) is 5.73 Å². The van der Waals surface area contributed by atoms with Gasteiger partial charge in [0.25, 0.3) is 0 Å². The van der Waals surface area contributed by atoms with E-state index in [0.29, 0.717) is 6.42 Å². The van der Waals surface area contributed by atoms with Gasteiger partial charge in [-0.1, -0.05) is 47.5 Å². The minimum absolute atomic E-state index is 0.145. The highest BCUT2D eigenvalue weighted by atomic mass is 35.5. The summed E-state index contributed by atoms with van der Waals surface area (Å²) in [6, 6.07) is 11.8. The molecule has 0 fully saturated rings. The second kappa shape index (κ2) is 5.96. The third kappa shape index (κ3) is 3.50. The smallest absolute Gasteiger partial charge is 0.0456 e. The molecule has 0 radical (unpaired) electrons. The fraction of sp³-hybridized carbons (Fsp3) is 0.250. The van der Waals surface area contributed by atoms with Gasteiger partial charge in [-0.3, -0.25) is 0 Å². The molecule has 0 saturated heterocycles. The molecule has 100 valence electrons. The van der Waals surface area contributed by atoms with E-state index < -0.39 is 0 Å². The predicted molar refractivity (Wildman–Crippen MR) is 83.0 cm³/mol. The van der Waals surface area contributed by atoms with Crippen molar-refractivity contribution in [2.75, 3.05) is 0 Å². The van der Waals surface area contributed by atoms with Crippen molar-refractivity contribution >= 4 is 23.2 Å². The van der Waals surface area contributed by atoms with Crippen LogP contribution in [0.15, 0.2) is 36.4 Å². The van der Waals surface area contributed by atoms with Gasteiger partial charge in [-0.15, -0.1) is 0 Å². The number of nitrogens with two attached hydrogens (primary N) is 1. The topological polar surface area (TPSA) is 26.0 Å². The second-order valence-corrected chi connectivity index (χ2v) is 5.74. The molecule has 2 aromatic carbocycles. The maximum absolute atomic E-state index is 6.24. The van der Waals surface area contributed by atoms with Gasteiger partial charge in [-0.05, 0) is 54.7 Å². The zero-order valence-electron chi connectivity index (χ0n) is 11.1. The Labute approximate surface area is 124 Å². The molecule has 1 nitrogen and oxygen atoms in total. The van der Waals surface area contributed by atoms with E-state index in [1.165, 1.54) is 0 Å². The Kier molecular flexibility index (Phi) is 4.51. The molecule has 2 aromatic rings. The summed E-state index contributed by atoms with van der Waals surface area (Å²) < 4.78 is 0. The molecular formula is C16H17Cl2N. The van der Waals surface area contributed by atoms with Crippen LogP contribution in [0, 0.1) is 13.8 Å². The summed E-state index contributed by atoms with van der Waals surface area (Å²) in [5.41, 5.74) is 10.5. The lowest BCUT2D eigenvalue weighted by molar-refractivity contribution is 0.722. The van der Waals surface area contributed by atoms with Crippen molar-refractivity contribution in [3.63, 3.8) is 0 Å². The Bertz CT molecular complexity index is 593. The molecule has 3 heteroatoms. The summed E-state index contributed by atoms with van der Waals surface area (Å²) in [5.74, 6) is 0. The first-order valence-electron chi connectivity index (χ1n) is 6.24. The summed E-state index contributed by atoms with van der Waals surface area (Å²) in [5, 5.41) is 1.48. The summed E-state index contributed by atoms with van der Waals surface area (Å²) in [6.07, 6.45) is 0.682. The van der Waals surface area contributed by atoms with Crippen LogP contribution in [0.4, 0.5) is 0 Å². The van der Waals surface area contributed by atoms with Gasteiger partial charge < -0.3 is 5.73 Å². The van der Waals surface area contributed by atoms with Crippen LogP contribution >= 0.6 is 23.2 Å². The largest absolute Gasteiger partial charge is 0.324 e. The van der Waals surface area contributed by atoms with Gasteiger partial charge in [0.05, 0.1) is 0 Å². The lowest BCUT2D eigenvalue weighted by Gasteiger charge is -2.15. The van der Waals surface area contributed by atoms with E-state index in [1.54, 1.807) is 0 Å². The monoisotopic (exact) mass is 293 g/mol. The molecular weight excluding hydrogens is 277 g/mol. The third-order valence-corrected chi connectivity index (χ3v) is 3.88. The molecule has 2 N–H and O–H groups in total. The van der Waals surface area contributed by atoms with E-state index in [1.807, 2.05) is 50.2 Å². The maximum atomic E-state index is 6.24. The molecule has 0 heterocycles. The number of benzene rings is 2. The standard InChI is InChI=1S/C16H17Cl2N/c1-10-3-5-12(14(17)7-10)9-16(19)13-6-4-11(2)8-15(13)18/h3-8,16H,9,19H2,1-2H3. The van der Waals surface area contributed by atoms with Crippen LogP contribution in [0.2, 0.25) is 10.0 Å².